The topological polar surface area (TPSA) is 78.9 Å². The molecule has 4 rings (SSSR count). The SMILES string of the molecule is CCn1nnc2cc(-c3noc(CCc4ccc(OC)cc4)n3)ccc21. The zero-order valence-corrected chi connectivity index (χ0v) is 14.7. The molecule has 0 bridgehead atoms. The summed E-state index contributed by atoms with van der Waals surface area (Å²) in [6.07, 6.45) is 1.52. The lowest BCUT2D eigenvalue weighted by Crippen LogP contribution is -1.95. The third-order valence-electron chi connectivity index (χ3n) is 4.33. The zero-order chi connectivity index (χ0) is 17.9. The second-order valence-corrected chi connectivity index (χ2v) is 5.97. The Labute approximate surface area is 150 Å². The van der Waals surface area contributed by atoms with Crippen molar-refractivity contribution in [3.63, 3.8) is 0 Å². The molecule has 2 heterocycles. The van der Waals surface area contributed by atoms with Crippen molar-refractivity contribution >= 4 is 11.0 Å². The molecule has 0 aliphatic carbocycles. The summed E-state index contributed by atoms with van der Waals surface area (Å²) in [6.45, 7) is 2.82. The number of rotatable bonds is 6. The molecular formula is C19H19N5O2. The normalized spacial score (nSPS) is 11.2. The van der Waals surface area contributed by atoms with E-state index in [0.717, 1.165) is 35.3 Å². The largest absolute Gasteiger partial charge is 0.497 e. The van der Waals surface area contributed by atoms with E-state index < -0.39 is 0 Å². The van der Waals surface area contributed by atoms with Gasteiger partial charge < -0.3 is 9.26 Å². The number of ether oxygens (including phenoxy) is 1. The Morgan fingerprint density at radius 1 is 1.08 bits per heavy atom. The van der Waals surface area contributed by atoms with E-state index in [9.17, 15) is 0 Å². The van der Waals surface area contributed by atoms with Crippen LogP contribution in [0.5, 0.6) is 5.75 Å². The molecule has 2 aromatic carbocycles. The van der Waals surface area contributed by atoms with E-state index in [1.54, 1.807) is 7.11 Å². The first kappa shape index (κ1) is 16.3. The first-order valence-electron chi connectivity index (χ1n) is 8.56. The summed E-state index contributed by atoms with van der Waals surface area (Å²) in [5.74, 6) is 2.04. The van der Waals surface area contributed by atoms with Gasteiger partial charge in [-0.2, -0.15) is 4.98 Å². The molecule has 0 fully saturated rings. The van der Waals surface area contributed by atoms with Crippen LogP contribution in [0.25, 0.3) is 22.4 Å². The Morgan fingerprint density at radius 3 is 2.69 bits per heavy atom. The minimum Gasteiger partial charge on any atom is -0.497 e. The number of nitrogens with zero attached hydrogens (tertiary/aromatic N) is 5. The average molecular weight is 349 g/mol. The van der Waals surface area contributed by atoms with Gasteiger partial charge >= 0.3 is 0 Å². The van der Waals surface area contributed by atoms with E-state index in [2.05, 4.69) is 20.5 Å². The molecule has 132 valence electrons. The van der Waals surface area contributed by atoms with Gasteiger partial charge in [0.2, 0.25) is 11.7 Å². The maximum atomic E-state index is 5.40. The van der Waals surface area contributed by atoms with Crippen LogP contribution in [0, 0.1) is 0 Å². The lowest BCUT2D eigenvalue weighted by atomic mass is 10.1. The summed E-state index contributed by atoms with van der Waals surface area (Å²) < 4.78 is 12.4. The number of aryl methyl sites for hydroxylation is 3. The third-order valence-corrected chi connectivity index (χ3v) is 4.33. The molecule has 0 N–H and O–H groups in total. The number of fused-ring (bicyclic) bond motifs is 1. The number of benzene rings is 2. The summed E-state index contributed by atoms with van der Waals surface area (Å²) in [4.78, 5) is 4.51. The fraction of sp³-hybridized carbons (Fsp3) is 0.263. The van der Waals surface area contributed by atoms with E-state index in [-0.39, 0.29) is 0 Å². The first-order chi connectivity index (χ1) is 12.8. The highest BCUT2D eigenvalue weighted by Gasteiger charge is 2.11. The van der Waals surface area contributed by atoms with Gasteiger partial charge in [0.25, 0.3) is 0 Å². The van der Waals surface area contributed by atoms with Crippen molar-refractivity contribution in [1.29, 1.82) is 0 Å². The van der Waals surface area contributed by atoms with E-state index in [1.165, 1.54) is 5.56 Å². The number of aromatic nitrogens is 5. The van der Waals surface area contributed by atoms with E-state index in [1.807, 2.05) is 54.1 Å². The number of hydrogen-bond donors (Lipinski definition) is 0. The molecule has 4 aromatic rings. The highest BCUT2D eigenvalue weighted by molar-refractivity contribution is 5.79. The minimum absolute atomic E-state index is 0.572. The molecule has 0 amide bonds. The zero-order valence-electron chi connectivity index (χ0n) is 14.7. The molecule has 0 spiro atoms. The fourth-order valence-electron chi connectivity index (χ4n) is 2.86. The van der Waals surface area contributed by atoms with Gasteiger partial charge in [-0.05, 0) is 49.2 Å². The van der Waals surface area contributed by atoms with Crippen molar-refractivity contribution in [3.05, 3.63) is 53.9 Å². The maximum absolute atomic E-state index is 5.40. The van der Waals surface area contributed by atoms with Crippen LogP contribution in [0.2, 0.25) is 0 Å². The lowest BCUT2D eigenvalue weighted by Gasteiger charge is -2.01. The molecule has 0 atom stereocenters. The Hall–Kier alpha value is -3.22. The molecule has 0 saturated heterocycles. The van der Waals surface area contributed by atoms with Crippen LogP contribution in [0.15, 0.2) is 47.0 Å². The van der Waals surface area contributed by atoms with Gasteiger partial charge in [-0.25, -0.2) is 4.68 Å². The predicted octanol–water partition coefficient (Wildman–Crippen LogP) is 3.30. The Bertz CT molecular complexity index is 1020. The number of hydrogen-bond acceptors (Lipinski definition) is 6. The Balaban J connectivity index is 1.48. The van der Waals surface area contributed by atoms with Gasteiger partial charge in [-0.3, -0.25) is 0 Å². The van der Waals surface area contributed by atoms with Gasteiger partial charge in [0, 0.05) is 18.5 Å². The van der Waals surface area contributed by atoms with Crippen LogP contribution in [0.4, 0.5) is 0 Å². The van der Waals surface area contributed by atoms with Crippen molar-refractivity contribution < 1.29 is 9.26 Å². The average Bonchev–Trinajstić information content (AvgIpc) is 3.33. The molecule has 7 nitrogen and oxygen atoms in total. The van der Waals surface area contributed by atoms with E-state index in [4.69, 9.17) is 9.26 Å². The third kappa shape index (κ3) is 3.15. The van der Waals surface area contributed by atoms with Crippen LogP contribution in [-0.4, -0.2) is 32.2 Å². The number of methoxy groups -OCH3 is 1. The predicted molar refractivity (Wildman–Crippen MR) is 96.9 cm³/mol. The molecule has 0 radical (unpaired) electrons. The molecule has 0 saturated carbocycles. The first-order valence-corrected chi connectivity index (χ1v) is 8.56. The molecule has 0 unspecified atom stereocenters. The van der Waals surface area contributed by atoms with Gasteiger partial charge in [0.05, 0.1) is 12.6 Å². The van der Waals surface area contributed by atoms with Crippen LogP contribution < -0.4 is 4.74 Å². The summed E-state index contributed by atoms with van der Waals surface area (Å²) in [5.41, 5.74) is 3.90. The van der Waals surface area contributed by atoms with Gasteiger partial charge in [0.1, 0.15) is 11.3 Å². The van der Waals surface area contributed by atoms with Crippen LogP contribution >= 0.6 is 0 Å². The van der Waals surface area contributed by atoms with Crippen molar-refractivity contribution in [3.8, 4) is 17.1 Å². The standard InChI is InChI=1S/C19H19N5O2/c1-3-24-17-10-7-14(12-16(17)21-23-24)19-20-18(26-22-19)11-6-13-4-8-15(25-2)9-5-13/h4-5,7-10,12H,3,6,11H2,1-2H3. The van der Waals surface area contributed by atoms with E-state index >= 15 is 0 Å². The molecule has 0 aliphatic rings. The summed E-state index contributed by atoms with van der Waals surface area (Å²) in [6, 6.07) is 13.9. The Morgan fingerprint density at radius 2 is 1.92 bits per heavy atom. The van der Waals surface area contributed by atoms with Crippen molar-refractivity contribution in [1.82, 2.24) is 25.1 Å². The lowest BCUT2D eigenvalue weighted by molar-refractivity contribution is 0.379. The quantitative estimate of drug-likeness (QED) is 0.531. The minimum atomic E-state index is 0.572. The second kappa shape index (κ2) is 6.95. The summed E-state index contributed by atoms with van der Waals surface area (Å²) in [7, 11) is 1.66. The van der Waals surface area contributed by atoms with Gasteiger partial charge in [0.15, 0.2) is 0 Å². The van der Waals surface area contributed by atoms with E-state index in [0.29, 0.717) is 18.1 Å². The van der Waals surface area contributed by atoms with Crippen LogP contribution in [0.1, 0.15) is 18.4 Å². The van der Waals surface area contributed by atoms with Crippen molar-refractivity contribution in [2.75, 3.05) is 7.11 Å². The molecule has 26 heavy (non-hydrogen) atoms. The van der Waals surface area contributed by atoms with Gasteiger partial charge in [-0.15, -0.1) is 5.10 Å². The highest BCUT2D eigenvalue weighted by atomic mass is 16.5. The van der Waals surface area contributed by atoms with Gasteiger partial charge in [-0.1, -0.05) is 22.5 Å². The molecule has 0 aliphatic heterocycles. The van der Waals surface area contributed by atoms with Crippen LogP contribution in [-0.2, 0) is 19.4 Å². The summed E-state index contributed by atoms with van der Waals surface area (Å²) in [5, 5.41) is 12.4. The second-order valence-electron chi connectivity index (χ2n) is 5.97. The molecule has 7 heteroatoms. The van der Waals surface area contributed by atoms with Crippen LogP contribution in [0.3, 0.4) is 0 Å². The summed E-state index contributed by atoms with van der Waals surface area (Å²) >= 11 is 0. The monoisotopic (exact) mass is 349 g/mol. The van der Waals surface area contributed by atoms with Crippen molar-refractivity contribution in [2.45, 2.75) is 26.3 Å². The smallest absolute Gasteiger partial charge is 0.227 e. The molecule has 2 aromatic heterocycles. The maximum Gasteiger partial charge on any atom is 0.227 e. The highest BCUT2D eigenvalue weighted by Crippen LogP contribution is 2.21. The van der Waals surface area contributed by atoms with Crippen molar-refractivity contribution in [2.24, 2.45) is 0 Å². The Kier molecular flexibility index (Phi) is 4.35. The fourth-order valence-corrected chi connectivity index (χ4v) is 2.86. The molecular weight excluding hydrogens is 330 g/mol.